The Bertz CT molecular complexity index is 680. The lowest BCUT2D eigenvalue weighted by Crippen LogP contribution is -2.34. The van der Waals surface area contributed by atoms with Crippen molar-refractivity contribution in [2.45, 2.75) is 38.6 Å². The van der Waals surface area contributed by atoms with Crippen molar-refractivity contribution < 1.29 is 9.90 Å². The number of aromatic nitrogens is 1. The summed E-state index contributed by atoms with van der Waals surface area (Å²) in [5.74, 6) is -0.398. The van der Waals surface area contributed by atoms with Gasteiger partial charge in [0.1, 0.15) is 0 Å². The fourth-order valence-electron chi connectivity index (χ4n) is 3.36. The van der Waals surface area contributed by atoms with Gasteiger partial charge >= 0.3 is 5.97 Å². The van der Waals surface area contributed by atoms with Crippen molar-refractivity contribution in [1.29, 1.82) is 0 Å². The lowest BCUT2D eigenvalue weighted by Gasteiger charge is -2.32. The van der Waals surface area contributed by atoms with Gasteiger partial charge in [-0.3, -0.25) is 9.88 Å². The van der Waals surface area contributed by atoms with Crippen molar-refractivity contribution in [3.63, 3.8) is 0 Å². The molecule has 0 aliphatic carbocycles. The van der Waals surface area contributed by atoms with Crippen LogP contribution in [0.25, 0.3) is 0 Å². The van der Waals surface area contributed by atoms with Crippen molar-refractivity contribution in [3.8, 4) is 0 Å². The van der Waals surface area contributed by atoms with Crippen LogP contribution < -0.4 is 0 Å². The molecule has 1 aliphatic rings. The van der Waals surface area contributed by atoms with Crippen LogP contribution in [0.1, 0.15) is 52.9 Å². The molecule has 24 heavy (non-hydrogen) atoms. The molecule has 1 atom stereocenters. The van der Waals surface area contributed by atoms with Crippen LogP contribution in [-0.4, -0.2) is 34.0 Å². The molecule has 0 amide bonds. The fraction of sp³-hybridized carbons (Fsp3) is 0.400. The van der Waals surface area contributed by atoms with E-state index in [0.717, 1.165) is 38.2 Å². The average Bonchev–Trinajstić information content (AvgIpc) is 2.63. The van der Waals surface area contributed by atoms with Crippen molar-refractivity contribution in [2.75, 3.05) is 13.1 Å². The molecule has 1 saturated heterocycles. The number of carboxylic acids is 1. The topological polar surface area (TPSA) is 53.4 Å². The molecular formula is C20H24N2O2. The van der Waals surface area contributed by atoms with Gasteiger partial charge in [-0.1, -0.05) is 25.1 Å². The van der Waals surface area contributed by atoms with Crippen LogP contribution in [0.15, 0.2) is 42.6 Å². The smallest absolute Gasteiger partial charge is 0.335 e. The van der Waals surface area contributed by atoms with E-state index in [4.69, 9.17) is 5.11 Å². The number of hydrogen-bond donors (Lipinski definition) is 1. The summed E-state index contributed by atoms with van der Waals surface area (Å²) in [6.45, 7) is 5.12. The highest BCUT2D eigenvalue weighted by Crippen LogP contribution is 2.27. The van der Waals surface area contributed by atoms with Gasteiger partial charge in [0.15, 0.2) is 0 Å². The second-order valence-corrected chi connectivity index (χ2v) is 6.51. The molecule has 0 spiro atoms. The maximum Gasteiger partial charge on any atom is 0.335 e. The van der Waals surface area contributed by atoms with Crippen molar-refractivity contribution >= 4 is 5.97 Å². The Balaban J connectivity index is 1.64. The summed E-state index contributed by atoms with van der Waals surface area (Å²) >= 11 is 0. The summed E-state index contributed by atoms with van der Waals surface area (Å²) in [6, 6.07) is 11.6. The SMILES string of the molecule is CCc1ccc(CN2CCCC(c3ccc(C(=O)O)cc3)C2)nc1. The monoisotopic (exact) mass is 324 g/mol. The average molecular weight is 324 g/mol. The van der Waals surface area contributed by atoms with E-state index in [2.05, 4.69) is 28.9 Å². The summed E-state index contributed by atoms with van der Waals surface area (Å²) in [7, 11) is 0. The number of nitrogens with zero attached hydrogens (tertiary/aromatic N) is 2. The van der Waals surface area contributed by atoms with Crippen LogP contribution in [0.5, 0.6) is 0 Å². The van der Waals surface area contributed by atoms with Gasteiger partial charge in [0.2, 0.25) is 0 Å². The van der Waals surface area contributed by atoms with E-state index in [0.29, 0.717) is 11.5 Å². The van der Waals surface area contributed by atoms with Crippen molar-refractivity contribution in [2.24, 2.45) is 0 Å². The normalized spacial score (nSPS) is 18.5. The van der Waals surface area contributed by atoms with Gasteiger partial charge < -0.3 is 5.11 Å². The molecule has 0 saturated carbocycles. The third-order valence-corrected chi connectivity index (χ3v) is 4.81. The predicted octanol–water partition coefficient (Wildman–Crippen LogP) is 3.72. The van der Waals surface area contributed by atoms with Crippen molar-refractivity contribution in [1.82, 2.24) is 9.88 Å². The number of rotatable bonds is 5. The van der Waals surface area contributed by atoms with E-state index < -0.39 is 5.97 Å². The highest BCUT2D eigenvalue weighted by Gasteiger charge is 2.21. The van der Waals surface area contributed by atoms with E-state index in [9.17, 15) is 4.79 Å². The van der Waals surface area contributed by atoms with Gasteiger partial charge in [-0.15, -0.1) is 0 Å². The van der Waals surface area contributed by atoms with Crippen LogP contribution in [0.2, 0.25) is 0 Å². The zero-order valence-electron chi connectivity index (χ0n) is 14.1. The molecule has 0 radical (unpaired) electrons. The molecule has 3 rings (SSSR count). The Morgan fingerprint density at radius 2 is 2.04 bits per heavy atom. The molecule has 1 fully saturated rings. The van der Waals surface area contributed by atoms with Gasteiger partial charge in [0.25, 0.3) is 0 Å². The minimum Gasteiger partial charge on any atom is -0.478 e. The minimum absolute atomic E-state index is 0.353. The molecule has 4 heteroatoms. The lowest BCUT2D eigenvalue weighted by molar-refractivity contribution is 0.0697. The van der Waals surface area contributed by atoms with E-state index >= 15 is 0 Å². The number of likely N-dealkylation sites (tertiary alicyclic amines) is 1. The largest absolute Gasteiger partial charge is 0.478 e. The molecule has 0 bridgehead atoms. The first kappa shape index (κ1) is 16.7. The molecule has 126 valence electrons. The van der Waals surface area contributed by atoms with Gasteiger partial charge in [-0.25, -0.2) is 4.79 Å². The third-order valence-electron chi connectivity index (χ3n) is 4.81. The van der Waals surface area contributed by atoms with Gasteiger partial charge in [0, 0.05) is 19.3 Å². The number of carboxylic acid groups (broad SMARTS) is 1. The Kier molecular flexibility index (Phi) is 5.26. The highest BCUT2D eigenvalue weighted by atomic mass is 16.4. The number of benzene rings is 1. The first-order valence-corrected chi connectivity index (χ1v) is 8.65. The highest BCUT2D eigenvalue weighted by molar-refractivity contribution is 5.87. The zero-order valence-corrected chi connectivity index (χ0v) is 14.1. The summed E-state index contributed by atoms with van der Waals surface area (Å²) in [5, 5.41) is 9.01. The van der Waals surface area contributed by atoms with E-state index in [1.807, 2.05) is 18.3 Å². The third kappa shape index (κ3) is 4.01. The molecule has 2 heterocycles. The molecular weight excluding hydrogens is 300 g/mol. The molecule has 1 unspecified atom stereocenters. The Hall–Kier alpha value is -2.20. The van der Waals surface area contributed by atoms with E-state index in [1.165, 1.54) is 17.5 Å². The van der Waals surface area contributed by atoms with Gasteiger partial charge in [0.05, 0.1) is 11.3 Å². The number of aromatic carboxylic acids is 1. The summed E-state index contributed by atoms with van der Waals surface area (Å²) in [6.07, 6.45) is 5.32. The zero-order chi connectivity index (χ0) is 16.9. The molecule has 1 aromatic carbocycles. The van der Waals surface area contributed by atoms with Crippen LogP contribution in [0.3, 0.4) is 0 Å². The lowest BCUT2D eigenvalue weighted by atomic mass is 9.90. The summed E-state index contributed by atoms with van der Waals surface area (Å²) < 4.78 is 0. The molecule has 1 aliphatic heterocycles. The Morgan fingerprint density at radius 1 is 1.25 bits per heavy atom. The summed E-state index contributed by atoms with van der Waals surface area (Å²) in [4.78, 5) is 18.0. The maximum atomic E-state index is 11.0. The standard InChI is InChI=1S/C20H24N2O2/c1-2-15-5-10-19(21-12-15)14-22-11-3-4-18(13-22)16-6-8-17(9-7-16)20(23)24/h5-10,12,18H,2-4,11,13-14H2,1H3,(H,23,24). The van der Waals surface area contributed by atoms with Crippen molar-refractivity contribution in [3.05, 3.63) is 65.0 Å². The fourth-order valence-corrected chi connectivity index (χ4v) is 3.36. The maximum absolute atomic E-state index is 11.0. The first-order valence-electron chi connectivity index (χ1n) is 8.65. The Labute approximate surface area is 143 Å². The van der Waals surface area contributed by atoms with Gasteiger partial charge in [-0.05, 0) is 61.1 Å². The minimum atomic E-state index is -0.867. The van der Waals surface area contributed by atoms with Crippen LogP contribution >= 0.6 is 0 Å². The quantitative estimate of drug-likeness (QED) is 0.910. The molecule has 2 aromatic rings. The van der Waals surface area contributed by atoms with Gasteiger partial charge in [-0.2, -0.15) is 0 Å². The second-order valence-electron chi connectivity index (χ2n) is 6.51. The number of piperidine rings is 1. The number of carbonyl (C=O) groups is 1. The first-order chi connectivity index (χ1) is 11.7. The van der Waals surface area contributed by atoms with E-state index in [-0.39, 0.29) is 0 Å². The Morgan fingerprint density at radius 3 is 2.67 bits per heavy atom. The van der Waals surface area contributed by atoms with Crippen LogP contribution in [0.4, 0.5) is 0 Å². The second kappa shape index (κ2) is 7.58. The van der Waals surface area contributed by atoms with Crippen LogP contribution in [-0.2, 0) is 13.0 Å². The number of pyridine rings is 1. The van der Waals surface area contributed by atoms with Crippen LogP contribution in [0, 0.1) is 0 Å². The predicted molar refractivity (Wildman–Crippen MR) is 94.3 cm³/mol. The molecule has 1 N–H and O–H groups in total. The number of aryl methyl sites for hydroxylation is 1. The van der Waals surface area contributed by atoms with E-state index in [1.54, 1.807) is 12.1 Å². The number of hydrogen-bond acceptors (Lipinski definition) is 3. The molecule has 1 aromatic heterocycles. The molecule has 4 nitrogen and oxygen atoms in total. The summed E-state index contributed by atoms with van der Waals surface area (Å²) in [5.41, 5.74) is 3.98.